The molecule has 1 aliphatic rings. The number of hydrogen-bond acceptors (Lipinski definition) is 10. The number of aromatic nitrogens is 4. The van der Waals surface area contributed by atoms with Crippen LogP contribution < -0.4 is 18.9 Å². The first-order valence-corrected chi connectivity index (χ1v) is 13.4. The Labute approximate surface area is 224 Å². The number of methoxy groups -OCH3 is 2. The second-order valence-corrected chi connectivity index (χ2v) is 10.2. The van der Waals surface area contributed by atoms with Gasteiger partial charge in [0.2, 0.25) is 4.96 Å². The number of fused-ring (bicyclic) bond motifs is 3. The molecule has 0 amide bonds. The maximum atomic E-state index is 6.25. The van der Waals surface area contributed by atoms with E-state index in [4.69, 9.17) is 28.3 Å². The topological polar surface area (TPSA) is 93.1 Å². The summed E-state index contributed by atoms with van der Waals surface area (Å²) in [7, 11) is 3.20. The zero-order chi connectivity index (χ0) is 25.6. The van der Waals surface area contributed by atoms with Crippen LogP contribution in [0.4, 0.5) is 0 Å². The predicted molar refractivity (Wildman–Crippen MR) is 145 cm³/mol. The number of rotatable bonds is 7. The lowest BCUT2D eigenvalue weighted by molar-refractivity contribution is 0.303. The van der Waals surface area contributed by atoms with Gasteiger partial charge in [0, 0.05) is 28.6 Å². The summed E-state index contributed by atoms with van der Waals surface area (Å²) in [6.07, 6.45) is 3.87. The van der Waals surface area contributed by atoms with Gasteiger partial charge in [0.25, 0.3) is 5.19 Å². The van der Waals surface area contributed by atoms with Gasteiger partial charge in [-0.3, -0.25) is 0 Å². The van der Waals surface area contributed by atoms with Crippen LogP contribution >= 0.6 is 22.7 Å². The van der Waals surface area contributed by atoms with E-state index in [-0.39, 0.29) is 0 Å². The highest BCUT2D eigenvalue weighted by Crippen LogP contribution is 2.38. The fourth-order valence-electron chi connectivity index (χ4n) is 4.32. The number of para-hydroxylation sites is 1. The summed E-state index contributed by atoms with van der Waals surface area (Å²) in [4.78, 5) is 10.2. The number of thiazole rings is 1. The minimum absolute atomic E-state index is 0.300. The molecule has 4 aromatic heterocycles. The van der Waals surface area contributed by atoms with E-state index in [2.05, 4.69) is 22.2 Å². The van der Waals surface area contributed by atoms with Crippen LogP contribution in [-0.4, -0.2) is 40.4 Å². The van der Waals surface area contributed by atoms with E-state index in [1.165, 1.54) is 11.3 Å². The van der Waals surface area contributed by atoms with Crippen molar-refractivity contribution < 1.29 is 23.4 Å². The second kappa shape index (κ2) is 9.19. The van der Waals surface area contributed by atoms with Crippen LogP contribution in [0.5, 0.6) is 22.4 Å². The number of benzene rings is 2. The van der Waals surface area contributed by atoms with Crippen LogP contribution in [0.1, 0.15) is 16.3 Å². The van der Waals surface area contributed by atoms with Gasteiger partial charge in [-0.25, -0.2) is 14.5 Å². The van der Waals surface area contributed by atoms with Gasteiger partial charge >= 0.3 is 0 Å². The Balaban J connectivity index is 1.16. The molecule has 0 bridgehead atoms. The first kappa shape index (κ1) is 22.8. The lowest BCUT2D eigenvalue weighted by Crippen LogP contribution is -2.05. The quantitative estimate of drug-likeness (QED) is 0.239. The molecule has 0 atom stereocenters. The van der Waals surface area contributed by atoms with Crippen molar-refractivity contribution in [1.82, 2.24) is 19.6 Å². The third-order valence-electron chi connectivity index (χ3n) is 6.12. The third kappa shape index (κ3) is 3.96. The molecule has 0 radical (unpaired) electrons. The molecule has 5 heterocycles. The van der Waals surface area contributed by atoms with Crippen LogP contribution in [0.15, 0.2) is 64.5 Å². The lowest BCUT2D eigenvalue weighted by atomic mass is 10.0. The molecule has 2 aromatic carbocycles. The normalized spacial score (nSPS) is 12.8. The molecule has 0 saturated heterocycles. The van der Waals surface area contributed by atoms with Crippen LogP contribution in [0.25, 0.3) is 33.0 Å². The smallest absolute Gasteiger partial charge is 0.294 e. The molecule has 11 heteroatoms. The van der Waals surface area contributed by atoms with E-state index < -0.39 is 0 Å². The molecule has 0 saturated carbocycles. The first-order chi connectivity index (χ1) is 18.7. The molecule has 0 N–H and O–H groups in total. The molecular weight excluding hydrogens is 524 g/mol. The average molecular weight is 545 g/mol. The summed E-state index contributed by atoms with van der Waals surface area (Å²) in [5.41, 5.74) is 4.28. The predicted octanol–water partition coefficient (Wildman–Crippen LogP) is 6.08. The molecule has 7 rings (SSSR count). The van der Waals surface area contributed by atoms with Crippen molar-refractivity contribution >= 4 is 44.2 Å². The summed E-state index contributed by atoms with van der Waals surface area (Å²) in [6, 6.07) is 13.6. The Morgan fingerprint density at radius 2 is 2.00 bits per heavy atom. The van der Waals surface area contributed by atoms with Crippen LogP contribution in [0.2, 0.25) is 0 Å². The van der Waals surface area contributed by atoms with E-state index in [1.807, 2.05) is 48.0 Å². The standard InChI is InChI=1S/C27H20N4O5S2/c1-32-16-9-22(19-11-24(36-23(19)10-16)20-12-31-26(29-20)38-27(30-31)33-2)35-13-15-14-37-25(28-15)18-7-8-34-21-6-4-3-5-17(18)21/h3-7,9-12,14H,8,13H2,1-2H3. The lowest BCUT2D eigenvalue weighted by Gasteiger charge is -2.16. The summed E-state index contributed by atoms with van der Waals surface area (Å²) >= 11 is 2.95. The monoisotopic (exact) mass is 544 g/mol. The number of imidazole rings is 1. The third-order valence-corrected chi connectivity index (χ3v) is 7.93. The van der Waals surface area contributed by atoms with Gasteiger partial charge in [-0.2, -0.15) is 0 Å². The Morgan fingerprint density at radius 3 is 2.87 bits per heavy atom. The van der Waals surface area contributed by atoms with Gasteiger partial charge < -0.3 is 23.4 Å². The maximum Gasteiger partial charge on any atom is 0.294 e. The fourth-order valence-corrected chi connectivity index (χ4v) is 5.88. The van der Waals surface area contributed by atoms with E-state index in [1.54, 1.807) is 30.1 Å². The average Bonchev–Trinajstić information content (AvgIpc) is 3.73. The van der Waals surface area contributed by atoms with E-state index in [9.17, 15) is 0 Å². The van der Waals surface area contributed by atoms with E-state index in [0.29, 0.717) is 51.9 Å². The second-order valence-electron chi connectivity index (χ2n) is 8.43. The van der Waals surface area contributed by atoms with Crippen molar-refractivity contribution in [3.05, 3.63) is 76.4 Å². The molecule has 0 spiro atoms. The van der Waals surface area contributed by atoms with Crippen molar-refractivity contribution in [2.45, 2.75) is 6.61 Å². The number of furan rings is 1. The summed E-state index contributed by atoms with van der Waals surface area (Å²) in [6.45, 7) is 0.829. The zero-order valence-electron chi connectivity index (χ0n) is 20.3. The molecule has 0 unspecified atom stereocenters. The molecule has 1 aliphatic heterocycles. The number of hydrogen-bond donors (Lipinski definition) is 0. The van der Waals surface area contributed by atoms with Crippen molar-refractivity contribution in [2.24, 2.45) is 0 Å². The summed E-state index contributed by atoms with van der Waals surface area (Å²) < 4.78 is 30.5. The first-order valence-electron chi connectivity index (χ1n) is 11.7. The van der Waals surface area contributed by atoms with Gasteiger partial charge in [0.05, 0.1) is 31.5 Å². The molecule has 9 nitrogen and oxygen atoms in total. The Morgan fingerprint density at radius 1 is 1.08 bits per heavy atom. The van der Waals surface area contributed by atoms with Crippen LogP contribution in [-0.2, 0) is 6.61 Å². The van der Waals surface area contributed by atoms with Crippen molar-refractivity contribution in [3.63, 3.8) is 0 Å². The highest BCUT2D eigenvalue weighted by molar-refractivity contribution is 7.18. The minimum atomic E-state index is 0.300. The van der Waals surface area contributed by atoms with E-state index in [0.717, 1.165) is 33.0 Å². The number of nitrogens with zero attached hydrogens (tertiary/aromatic N) is 4. The van der Waals surface area contributed by atoms with Crippen LogP contribution in [0, 0.1) is 0 Å². The highest BCUT2D eigenvalue weighted by Gasteiger charge is 2.19. The SMILES string of the molecule is COc1cc(OCc2csc(C3=CCOc4ccccc43)n2)c2cc(-c3cn4nc(OC)sc4n3)oc2c1. The maximum absolute atomic E-state index is 6.25. The Bertz CT molecular complexity index is 1800. The largest absolute Gasteiger partial charge is 0.496 e. The molecule has 6 aromatic rings. The zero-order valence-corrected chi connectivity index (χ0v) is 22.0. The van der Waals surface area contributed by atoms with E-state index >= 15 is 0 Å². The molecular formula is C27H20N4O5S2. The Hall–Kier alpha value is -4.35. The van der Waals surface area contributed by atoms with Crippen molar-refractivity contribution in [2.75, 3.05) is 20.8 Å². The van der Waals surface area contributed by atoms with Gasteiger partial charge in [0.15, 0.2) is 5.76 Å². The molecule has 0 aliphatic carbocycles. The number of ether oxygens (including phenoxy) is 4. The highest BCUT2D eigenvalue weighted by atomic mass is 32.1. The van der Waals surface area contributed by atoms with Gasteiger partial charge in [-0.1, -0.05) is 18.2 Å². The summed E-state index contributed by atoms with van der Waals surface area (Å²) in [5, 5.41) is 8.66. The Kier molecular flexibility index (Phi) is 5.52. The van der Waals surface area contributed by atoms with Gasteiger partial charge in [0.1, 0.15) is 46.7 Å². The van der Waals surface area contributed by atoms with Crippen molar-refractivity contribution in [1.29, 1.82) is 0 Å². The summed E-state index contributed by atoms with van der Waals surface area (Å²) in [5.74, 6) is 2.75. The molecule has 0 fully saturated rings. The van der Waals surface area contributed by atoms with Gasteiger partial charge in [-0.15, -0.1) is 16.4 Å². The fraction of sp³-hybridized carbons (Fsp3) is 0.148. The van der Waals surface area contributed by atoms with Gasteiger partial charge in [-0.05, 0) is 29.5 Å². The van der Waals surface area contributed by atoms with Crippen LogP contribution in [0.3, 0.4) is 0 Å². The van der Waals surface area contributed by atoms with Crippen molar-refractivity contribution in [3.8, 4) is 33.9 Å². The molecule has 38 heavy (non-hydrogen) atoms. The minimum Gasteiger partial charge on any atom is -0.496 e. The molecule has 190 valence electrons.